The highest BCUT2D eigenvalue weighted by atomic mass is 19.1. The first kappa shape index (κ1) is 18.2. The van der Waals surface area contributed by atoms with Crippen LogP contribution in [0.2, 0.25) is 0 Å². The van der Waals surface area contributed by atoms with Crippen molar-refractivity contribution >= 4 is 22.8 Å². The lowest BCUT2D eigenvalue weighted by Crippen LogP contribution is -2.59. The van der Waals surface area contributed by atoms with E-state index in [0.29, 0.717) is 19.3 Å². The van der Waals surface area contributed by atoms with Gasteiger partial charge in [0, 0.05) is 23.0 Å². The topological polar surface area (TPSA) is 82.2 Å². The van der Waals surface area contributed by atoms with E-state index in [9.17, 15) is 19.1 Å². The number of fused-ring (bicyclic) bond motifs is 1. The van der Waals surface area contributed by atoms with Gasteiger partial charge in [0.05, 0.1) is 0 Å². The SMILES string of the molecule is O=C(CCc1c(-c2ccc(F)cc2)[nH]c2ccccc12)NC1(C(=O)O)CCC1. The van der Waals surface area contributed by atoms with E-state index in [0.717, 1.165) is 34.1 Å². The molecule has 3 N–H and O–H groups in total. The summed E-state index contributed by atoms with van der Waals surface area (Å²) in [6, 6.07) is 14.0. The maximum atomic E-state index is 13.3. The highest BCUT2D eigenvalue weighted by Gasteiger charge is 2.45. The zero-order valence-electron chi connectivity index (χ0n) is 15.3. The largest absolute Gasteiger partial charge is 0.480 e. The first-order valence-corrected chi connectivity index (χ1v) is 9.38. The van der Waals surface area contributed by atoms with Gasteiger partial charge in [0.1, 0.15) is 11.4 Å². The molecule has 144 valence electrons. The number of para-hydroxylation sites is 1. The number of aromatic amines is 1. The van der Waals surface area contributed by atoms with E-state index in [1.54, 1.807) is 12.1 Å². The van der Waals surface area contributed by atoms with Gasteiger partial charge >= 0.3 is 5.97 Å². The van der Waals surface area contributed by atoms with Crippen LogP contribution >= 0.6 is 0 Å². The Labute approximate surface area is 161 Å². The van der Waals surface area contributed by atoms with Gasteiger partial charge in [-0.05, 0) is 67.1 Å². The first-order chi connectivity index (χ1) is 13.5. The number of benzene rings is 2. The number of aromatic nitrogens is 1. The summed E-state index contributed by atoms with van der Waals surface area (Å²) < 4.78 is 13.3. The molecule has 3 aromatic rings. The molecule has 6 heteroatoms. The van der Waals surface area contributed by atoms with Crippen molar-refractivity contribution in [3.05, 3.63) is 59.9 Å². The monoisotopic (exact) mass is 380 g/mol. The molecule has 1 fully saturated rings. The smallest absolute Gasteiger partial charge is 0.329 e. The molecule has 4 rings (SSSR count). The summed E-state index contributed by atoms with van der Waals surface area (Å²) in [5.41, 5.74) is 2.50. The first-order valence-electron chi connectivity index (χ1n) is 9.38. The summed E-state index contributed by atoms with van der Waals surface area (Å²) in [5.74, 6) is -1.54. The number of hydrogen-bond acceptors (Lipinski definition) is 2. The maximum absolute atomic E-state index is 13.3. The predicted octanol–water partition coefficient (Wildman–Crippen LogP) is 4.03. The molecule has 1 heterocycles. The zero-order valence-corrected chi connectivity index (χ0v) is 15.3. The van der Waals surface area contributed by atoms with Crippen LogP contribution in [0.4, 0.5) is 4.39 Å². The third-order valence-corrected chi connectivity index (χ3v) is 5.54. The molecule has 0 bridgehead atoms. The van der Waals surface area contributed by atoms with Crippen molar-refractivity contribution in [2.24, 2.45) is 0 Å². The van der Waals surface area contributed by atoms with Crippen LogP contribution in [0, 0.1) is 5.82 Å². The van der Waals surface area contributed by atoms with Crippen molar-refractivity contribution in [1.29, 1.82) is 0 Å². The van der Waals surface area contributed by atoms with Crippen LogP contribution in [-0.2, 0) is 16.0 Å². The number of hydrogen-bond donors (Lipinski definition) is 3. The quantitative estimate of drug-likeness (QED) is 0.604. The molecule has 0 unspecified atom stereocenters. The Morgan fingerprint density at radius 1 is 1.11 bits per heavy atom. The van der Waals surface area contributed by atoms with Crippen LogP contribution in [0.25, 0.3) is 22.2 Å². The Morgan fingerprint density at radius 3 is 2.46 bits per heavy atom. The van der Waals surface area contributed by atoms with Crippen molar-refractivity contribution in [3.8, 4) is 11.3 Å². The number of halogens is 1. The van der Waals surface area contributed by atoms with Gasteiger partial charge in [0.15, 0.2) is 0 Å². The molecule has 2 aromatic carbocycles. The van der Waals surface area contributed by atoms with Crippen LogP contribution < -0.4 is 5.32 Å². The number of carboxylic acids is 1. The van der Waals surface area contributed by atoms with Crippen molar-refractivity contribution in [3.63, 3.8) is 0 Å². The number of carbonyl (C=O) groups excluding carboxylic acids is 1. The molecule has 0 radical (unpaired) electrons. The standard InChI is InChI=1S/C22H21FN2O3/c23-15-8-6-14(7-9-15)20-17(16-4-1-2-5-18(16)24-20)10-11-19(26)25-22(21(27)28)12-3-13-22/h1-2,4-9,24H,3,10-13H2,(H,25,26)(H,27,28). The summed E-state index contributed by atoms with van der Waals surface area (Å²) in [4.78, 5) is 27.3. The third kappa shape index (κ3) is 3.26. The maximum Gasteiger partial charge on any atom is 0.329 e. The van der Waals surface area contributed by atoms with E-state index in [1.165, 1.54) is 12.1 Å². The minimum Gasteiger partial charge on any atom is -0.480 e. The second-order valence-corrected chi connectivity index (χ2v) is 7.32. The lowest BCUT2D eigenvalue weighted by Gasteiger charge is -2.38. The van der Waals surface area contributed by atoms with E-state index in [4.69, 9.17) is 0 Å². The van der Waals surface area contributed by atoms with Gasteiger partial charge in [-0.1, -0.05) is 18.2 Å². The van der Waals surface area contributed by atoms with Gasteiger partial charge < -0.3 is 15.4 Å². The average molecular weight is 380 g/mol. The summed E-state index contributed by atoms with van der Waals surface area (Å²) in [6.45, 7) is 0. The van der Waals surface area contributed by atoms with Crippen LogP contribution in [0.15, 0.2) is 48.5 Å². The Balaban J connectivity index is 1.59. The van der Waals surface area contributed by atoms with Gasteiger partial charge in [-0.25, -0.2) is 9.18 Å². The van der Waals surface area contributed by atoms with Gasteiger partial charge in [-0.15, -0.1) is 0 Å². The van der Waals surface area contributed by atoms with E-state index in [2.05, 4.69) is 10.3 Å². The Bertz CT molecular complexity index is 1040. The van der Waals surface area contributed by atoms with Crippen LogP contribution in [-0.4, -0.2) is 27.5 Å². The minimum atomic E-state index is -1.10. The number of amides is 1. The molecule has 1 aliphatic carbocycles. The van der Waals surface area contributed by atoms with Crippen LogP contribution in [0.3, 0.4) is 0 Å². The fourth-order valence-corrected chi connectivity index (χ4v) is 3.81. The molecular formula is C22H21FN2O3. The Kier molecular flexibility index (Phi) is 4.63. The molecule has 0 atom stereocenters. The highest BCUT2D eigenvalue weighted by molar-refractivity contribution is 5.92. The van der Waals surface area contributed by atoms with Gasteiger partial charge in [-0.3, -0.25) is 4.79 Å². The molecule has 1 aliphatic rings. The fraction of sp³-hybridized carbons (Fsp3) is 0.273. The second kappa shape index (κ2) is 7.11. The number of aryl methyl sites for hydroxylation is 1. The number of nitrogens with one attached hydrogen (secondary N) is 2. The average Bonchev–Trinajstić information content (AvgIpc) is 3.02. The molecule has 28 heavy (non-hydrogen) atoms. The molecule has 0 spiro atoms. The lowest BCUT2D eigenvalue weighted by atomic mass is 9.76. The molecule has 1 amide bonds. The highest BCUT2D eigenvalue weighted by Crippen LogP contribution is 2.33. The summed E-state index contributed by atoms with van der Waals surface area (Å²) in [7, 11) is 0. The summed E-state index contributed by atoms with van der Waals surface area (Å²) in [6.07, 6.45) is 2.40. The van der Waals surface area contributed by atoms with Gasteiger partial charge in [-0.2, -0.15) is 0 Å². The van der Waals surface area contributed by atoms with Crippen LogP contribution in [0.5, 0.6) is 0 Å². The van der Waals surface area contributed by atoms with Crippen LogP contribution in [0.1, 0.15) is 31.2 Å². The number of aliphatic carboxylic acids is 1. The zero-order chi connectivity index (χ0) is 19.7. The van der Waals surface area contributed by atoms with Gasteiger partial charge in [0.25, 0.3) is 0 Å². The van der Waals surface area contributed by atoms with E-state index < -0.39 is 11.5 Å². The molecule has 5 nitrogen and oxygen atoms in total. The van der Waals surface area contributed by atoms with Gasteiger partial charge in [0.2, 0.25) is 5.91 Å². The van der Waals surface area contributed by atoms with Crippen molar-refractivity contribution < 1.29 is 19.1 Å². The lowest BCUT2D eigenvalue weighted by molar-refractivity contribution is -0.151. The predicted molar refractivity (Wildman–Crippen MR) is 104 cm³/mol. The molecule has 0 saturated heterocycles. The van der Waals surface area contributed by atoms with Crippen molar-refractivity contribution in [2.45, 2.75) is 37.6 Å². The number of H-pyrrole nitrogens is 1. The molecule has 1 saturated carbocycles. The van der Waals surface area contributed by atoms with Crippen molar-refractivity contribution in [2.75, 3.05) is 0 Å². The number of rotatable bonds is 6. The van der Waals surface area contributed by atoms with E-state index in [-0.39, 0.29) is 18.1 Å². The Morgan fingerprint density at radius 2 is 1.82 bits per heavy atom. The summed E-state index contributed by atoms with van der Waals surface area (Å²) >= 11 is 0. The van der Waals surface area contributed by atoms with E-state index >= 15 is 0 Å². The molecular weight excluding hydrogens is 359 g/mol. The second-order valence-electron chi connectivity index (χ2n) is 7.32. The minimum absolute atomic E-state index is 0.186. The normalized spacial score (nSPS) is 15.2. The third-order valence-electron chi connectivity index (χ3n) is 5.54. The Hall–Kier alpha value is -3.15. The van der Waals surface area contributed by atoms with Crippen molar-refractivity contribution in [1.82, 2.24) is 10.3 Å². The number of carbonyl (C=O) groups is 2. The summed E-state index contributed by atoms with van der Waals surface area (Å²) in [5, 5.41) is 13.1. The molecule has 1 aromatic heterocycles. The fourth-order valence-electron chi connectivity index (χ4n) is 3.81. The van der Waals surface area contributed by atoms with E-state index in [1.807, 2.05) is 24.3 Å². The number of carboxylic acid groups (broad SMARTS) is 1. The molecule has 0 aliphatic heterocycles.